The first-order valence-corrected chi connectivity index (χ1v) is 9.70. The molecule has 8 heteroatoms. The molecule has 0 aliphatic carbocycles. The smallest absolute Gasteiger partial charge is 0.282 e. The Morgan fingerprint density at radius 2 is 1.84 bits per heavy atom. The Hall–Kier alpha value is -1.73. The summed E-state index contributed by atoms with van der Waals surface area (Å²) in [6.45, 7) is 2.46. The van der Waals surface area contributed by atoms with Gasteiger partial charge in [-0.1, -0.05) is 64.4 Å². The van der Waals surface area contributed by atoms with Gasteiger partial charge in [0.1, 0.15) is 0 Å². The van der Waals surface area contributed by atoms with Gasteiger partial charge in [0.15, 0.2) is 5.01 Å². The summed E-state index contributed by atoms with van der Waals surface area (Å²) >= 11 is 14.7. The van der Waals surface area contributed by atoms with Crippen molar-refractivity contribution in [1.29, 1.82) is 0 Å². The fourth-order valence-electron chi connectivity index (χ4n) is 1.97. The van der Waals surface area contributed by atoms with Gasteiger partial charge in [-0.15, -0.1) is 21.5 Å². The van der Waals surface area contributed by atoms with Gasteiger partial charge in [-0.25, -0.2) is 0 Å². The number of aromatic nitrogens is 2. The Morgan fingerprint density at radius 1 is 1.12 bits per heavy atom. The highest BCUT2D eigenvalue weighted by Gasteiger charge is 2.14. The molecule has 1 amide bonds. The number of carbonyl (C=O) groups is 1. The molecule has 2 aromatic heterocycles. The fraction of sp³-hybridized carbons (Fsp3) is 0.118. The lowest BCUT2D eigenvalue weighted by atomic mass is 10.1. The normalized spacial score (nSPS) is 11.6. The van der Waals surface area contributed by atoms with Crippen LogP contribution in [0.3, 0.4) is 0 Å². The molecule has 1 N–H and O–H groups in total. The van der Waals surface area contributed by atoms with Crippen molar-refractivity contribution in [2.24, 2.45) is 0 Å². The van der Waals surface area contributed by atoms with E-state index < -0.39 is 0 Å². The zero-order valence-electron chi connectivity index (χ0n) is 13.1. The van der Waals surface area contributed by atoms with Crippen LogP contribution in [0.2, 0.25) is 4.34 Å². The number of rotatable bonds is 5. The van der Waals surface area contributed by atoms with E-state index in [1.165, 1.54) is 16.9 Å². The predicted octanol–water partition coefficient (Wildman–Crippen LogP) is 5.23. The monoisotopic (exact) mass is 409 g/mol. The number of thiophene rings is 1. The summed E-state index contributed by atoms with van der Waals surface area (Å²) in [6.07, 6.45) is 1.76. The predicted molar refractivity (Wildman–Crippen MR) is 105 cm³/mol. The number of hydrogen-bond acceptors (Lipinski definition) is 5. The molecule has 0 aliphatic rings. The first kappa shape index (κ1) is 18.1. The summed E-state index contributed by atoms with van der Waals surface area (Å²) < 4.78 is 0.684. The number of nitrogens with zero attached hydrogens (tertiary/aromatic N) is 2. The van der Waals surface area contributed by atoms with Crippen LogP contribution in [0.4, 0.5) is 0 Å². The molecule has 0 aliphatic heterocycles. The average Bonchev–Trinajstić information content (AvgIpc) is 3.23. The summed E-state index contributed by atoms with van der Waals surface area (Å²) in [5.74, 6) is -0.270. The highest BCUT2D eigenvalue weighted by Crippen LogP contribution is 2.29. The average molecular weight is 410 g/mol. The molecule has 0 fully saturated rings. The molecule has 0 unspecified atom stereocenters. The molecule has 2 heterocycles. The van der Waals surface area contributed by atoms with Crippen LogP contribution >= 0.6 is 45.9 Å². The molecule has 3 rings (SSSR count). The van der Waals surface area contributed by atoms with E-state index in [1.54, 1.807) is 12.1 Å². The standard InChI is InChI=1S/C17H13Cl2N3OS2/c1-10-2-4-11(5-3-10)9-20-15(23)17-22-21-16(25-17)13(18)8-12-6-7-14(19)24-12/h2-8H,9H2,1H3,(H,20,23)/b13-8-. The van der Waals surface area contributed by atoms with Crippen molar-refractivity contribution in [3.8, 4) is 0 Å². The minimum absolute atomic E-state index is 0.270. The van der Waals surface area contributed by atoms with E-state index >= 15 is 0 Å². The van der Waals surface area contributed by atoms with E-state index in [2.05, 4.69) is 15.5 Å². The van der Waals surface area contributed by atoms with E-state index in [0.717, 1.165) is 21.8 Å². The molecule has 0 bridgehead atoms. The topological polar surface area (TPSA) is 54.9 Å². The molecule has 0 saturated heterocycles. The lowest BCUT2D eigenvalue weighted by Crippen LogP contribution is -2.22. The third kappa shape index (κ3) is 4.89. The van der Waals surface area contributed by atoms with E-state index in [4.69, 9.17) is 23.2 Å². The first-order chi connectivity index (χ1) is 12.0. The van der Waals surface area contributed by atoms with Gasteiger partial charge in [-0.3, -0.25) is 4.79 Å². The molecule has 4 nitrogen and oxygen atoms in total. The highest BCUT2D eigenvalue weighted by molar-refractivity contribution is 7.17. The molecule has 1 aromatic carbocycles. The molecule has 0 saturated carbocycles. The van der Waals surface area contributed by atoms with Crippen molar-refractivity contribution in [3.05, 3.63) is 66.8 Å². The number of aryl methyl sites for hydroxylation is 1. The number of carbonyl (C=O) groups excluding carboxylic acids is 1. The second-order valence-electron chi connectivity index (χ2n) is 5.21. The number of hydrogen-bond donors (Lipinski definition) is 1. The maximum atomic E-state index is 12.2. The maximum Gasteiger partial charge on any atom is 0.282 e. The van der Waals surface area contributed by atoms with Crippen molar-refractivity contribution in [1.82, 2.24) is 15.5 Å². The Labute approximate surface area is 163 Å². The van der Waals surface area contributed by atoms with Gasteiger partial charge >= 0.3 is 0 Å². The molecular formula is C17H13Cl2N3OS2. The van der Waals surface area contributed by atoms with Gasteiger partial charge in [0, 0.05) is 11.4 Å². The molecule has 128 valence electrons. The van der Waals surface area contributed by atoms with Crippen LogP contribution in [0.15, 0.2) is 36.4 Å². The Kier molecular flexibility index (Phi) is 5.86. The van der Waals surface area contributed by atoms with Crippen molar-refractivity contribution in [2.45, 2.75) is 13.5 Å². The fourth-order valence-corrected chi connectivity index (χ4v) is 3.98. The number of amides is 1. The Morgan fingerprint density at radius 3 is 2.52 bits per heavy atom. The second kappa shape index (κ2) is 8.10. The molecule has 3 aromatic rings. The van der Waals surface area contributed by atoms with E-state index in [9.17, 15) is 4.79 Å². The number of benzene rings is 1. The van der Waals surface area contributed by atoms with Gasteiger partial charge in [0.05, 0.1) is 9.37 Å². The molecular weight excluding hydrogens is 397 g/mol. The molecule has 0 atom stereocenters. The van der Waals surface area contributed by atoms with Gasteiger partial charge < -0.3 is 5.32 Å². The summed E-state index contributed by atoms with van der Waals surface area (Å²) in [5, 5.41) is 11.9. The minimum Gasteiger partial charge on any atom is -0.346 e. The zero-order valence-corrected chi connectivity index (χ0v) is 16.3. The van der Waals surface area contributed by atoms with Gasteiger partial charge in [0.25, 0.3) is 5.91 Å². The molecule has 25 heavy (non-hydrogen) atoms. The number of nitrogens with one attached hydrogen (secondary N) is 1. The van der Waals surface area contributed by atoms with Crippen LogP contribution in [-0.4, -0.2) is 16.1 Å². The lowest BCUT2D eigenvalue weighted by Gasteiger charge is -2.03. The van der Waals surface area contributed by atoms with Gasteiger partial charge in [-0.05, 0) is 30.7 Å². The molecule has 0 spiro atoms. The van der Waals surface area contributed by atoms with Gasteiger partial charge in [0.2, 0.25) is 5.01 Å². The van der Waals surface area contributed by atoms with Crippen molar-refractivity contribution < 1.29 is 4.79 Å². The maximum absolute atomic E-state index is 12.2. The van der Waals surface area contributed by atoms with Crippen LogP contribution in [0.1, 0.15) is 30.8 Å². The van der Waals surface area contributed by atoms with Crippen LogP contribution in [-0.2, 0) is 6.54 Å². The van der Waals surface area contributed by atoms with Crippen LogP contribution < -0.4 is 5.32 Å². The summed E-state index contributed by atoms with van der Waals surface area (Å²) in [7, 11) is 0. The Bertz CT molecular complexity index is 916. The van der Waals surface area contributed by atoms with Crippen molar-refractivity contribution >= 4 is 62.9 Å². The SMILES string of the molecule is Cc1ccc(CNC(=O)c2nnc(/C(Cl)=C/c3ccc(Cl)s3)s2)cc1. The third-order valence-corrected chi connectivity index (χ3v) is 5.79. The van der Waals surface area contributed by atoms with Crippen molar-refractivity contribution in [2.75, 3.05) is 0 Å². The largest absolute Gasteiger partial charge is 0.346 e. The van der Waals surface area contributed by atoms with Crippen molar-refractivity contribution in [3.63, 3.8) is 0 Å². The summed E-state index contributed by atoms with van der Waals surface area (Å²) in [6, 6.07) is 11.6. The third-order valence-electron chi connectivity index (χ3n) is 3.26. The second-order valence-corrected chi connectivity index (χ2v) is 8.35. The lowest BCUT2D eigenvalue weighted by molar-refractivity contribution is 0.0950. The quantitative estimate of drug-likeness (QED) is 0.627. The molecule has 0 radical (unpaired) electrons. The number of halogens is 2. The van der Waals surface area contributed by atoms with E-state index in [0.29, 0.717) is 20.9 Å². The highest BCUT2D eigenvalue weighted by atomic mass is 35.5. The van der Waals surface area contributed by atoms with Crippen LogP contribution in [0.5, 0.6) is 0 Å². The van der Waals surface area contributed by atoms with Gasteiger partial charge in [-0.2, -0.15) is 0 Å². The van der Waals surface area contributed by atoms with E-state index in [1.807, 2.05) is 37.3 Å². The minimum atomic E-state index is -0.270. The first-order valence-electron chi connectivity index (χ1n) is 7.31. The van der Waals surface area contributed by atoms with E-state index in [-0.39, 0.29) is 10.9 Å². The van der Waals surface area contributed by atoms with Crippen LogP contribution in [0, 0.1) is 6.92 Å². The summed E-state index contributed by atoms with van der Waals surface area (Å²) in [5.41, 5.74) is 2.20. The van der Waals surface area contributed by atoms with Crippen LogP contribution in [0.25, 0.3) is 11.1 Å². The zero-order chi connectivity index (χ0) is 17.8. The summed E-state index contributed by atoms with van der Waals surface area (Å²) in [4.78, 5) is 13.1. The Balaban J connectivity index is 1.64.